The van der Waals surface area contributed by atoms with Gasteiger partial charge in [-0.2, -0.15) is 5.10 Å². The van der Waals surface area contributed by atoms with Gasteiger partial charge in [0.15, 0.2) is 11.5 Å². The summed E-state index contributed by atoms with van der Waals surface area (Å²) in [7, 11) is 2.11. The van der Waals surface area contributed by atoms with Crippen molar-refractivity contribution in [1.82, 2.24) is 30.0 Å². The van der Waals surface area contributed by atoms with Crippen LogP contribution in [0.15, 0.2) is 30.5 Å². The SMILES string of the molecule is CCn1ncc2c(N3CC4CCC(C3)O4)nc(-c3ccc(NC(=O)NC4CCN(C)CC4)cc3)nc21. The summed E-state index contributed by atoms with van der Waals surface area (Å²) in [6, 6.07) is 7.80. The van der Waals surface area contributed by atoms with Gasteiger partial charge in [0.05, 0.1) is 23.8 Å². The van der Waals surface area contributed by atoms with Crippen molar-refractivity contribution in [2.45, 2.75) is 57.4 Å². The zero-order chi connectivity index (χ0) is 24.6. The Balaban J connectivity index is 1.22. The Morgan fingerprint density at radius 2 is 1.78 bits per heavy atom. The molecule has 3 aromatic rings. The number of carbonyl (C=O) groups excluding carboxylic acids is 1. The molecule has 3 aliphatic rings. The van der Waals surface area contributed by atoms with E-state index in [-0.39, 0.29) is 24.3 Å². The summed E-state index contributed by atoms with van der Waals surface area (Å²) in [5, 5.41) is 11.6. The fraction of sp³-hybridized carbons (Fsp3) is 0.538. The molecule has 5 heterocycles. The van der Waals surface area contributed by atoms with Crippen LogP contribution < -0.4 is 15.5 Å². The van der Waals surface area contributed by atoms with Gasteiger partial charge < -0.3 is 25.2 Å². The molecule has 0 aliphatic carbocycles. The van der Waals surface area contributed by atoms with E-state index >= 15 is 0 Å². The minimum atomic E-state index is -0.161. The highest BCUT2D eigenvalue weighted by Gasteiger charge is 2.35. The number of urea groups is 1. The molecule has 3 aliphatic heterocycles. The first-order chi connectivity index (χ1) is 17.6. The number of ether oxygens (including phenoxy) is 1. The molecule has 2 aromatic heterocycles. The molecule has 0 saturated carbocycles. The quantitative estimate of drug-likeness (QED) is 0.567. The molecule has 3 fully saturated rings. The number of carbonyl (C=O) groups is 1. The smallest absolute Gasteiger partial charge is 0.319 e. The van der Waals surface area contributed by atoms with E-state index in [2.05, 4.69) is 39.5 Å². The topological polar surface area (TPSA) is 100 Å². The third-order valence-corrected chi connectivity index (χ3v) is 7.57. The Morgan fingerprint density at radius 3 is 2.47 bits per heavy atom. The second kappa shape index (κ2) is 9.67. The van der Waals surface area contributed by atoms with Crippen LogP contribution in [0, 0.1) is 0 Å². The van der Waals surface area contributed by atoms with Crippen molar-refractivity contribution in [3.8, 4) is 11.4 Å². The standard InChI is InChI=1S/C26H34N8O2/c1-3-34-25-22(14-27-34)24(33-15-20-8-9-21(16-33)36-20)30-23(31-25)17-4-6-18(7-5-17)28-26(35)29-19-10-12-32(2)13-11-19/h4-7,14,19-21H,3,8-13,15-16H2,1-2H3,(H2,28,29,35). The molecular formula is C26H34N8O2. The molecule has 6 rings (SSSR count). The van der Waals surface area contributed by atoms with E-state index in [1.165, 1.54) is 0 Å². The number of rotatable bonds is 5. The van der Waals surface area contributed by atoms with Crippen LogP contribution in [-0.4, -0.2) is 82.2 Å². The zero-order valence-corrected chi connectivity index (χ0v) is 21.0. The second-order valence-corrected chi connectivity index (χ2v) is 10.2. The molecule has 36 heavy (non-hydrogen) atoms. The lowest BCUT2D eigenvalue weighted by Crippen LogP contribution is -2.44. The summed E-state index contributed by atoms with van der Waals surface area (Å²) in [5.41, 5.74) is 2.49. The van der Waals surface area contributed by atoms with E-state index in [9.17, 15) is 4.79 Å². The molecule has 2 N–H and O–H groups in total. The number of morpholine rings is 1. The van der Waals surface area contributed by atoms with Gasteiger partial charge in [0, 0.05) is 36.9 Å². The first-order valence-corrected chi connectivity index (χ1v) is 13.1. The molecular weight excluding hydrogens is 456 g/mol. The van der Waals surface area contributed by atoms with Crippen LogP contribution in [0.2, 0.25) is 0 Å². The molecule has 3 saturated heterocycles. The predicted molar refractivity (Wildman–Crippen MR) is 139 cm³/mol. The molecule has 0 radical (unpaired) electrons. The average Bonchev–Trinajstić information content (AvgIpc) is 3.46. The molecule has 1 aromatic carbocycles. The minimum absolute atomic E-state index is 0.161. The Morgan fingerprint density at radius 1 is 1.06 bits per heavy atom. The van der Waals surface area contributed by atoms with Gasteiger partial charge in [0.25, 0.3) is 0 Å². The van der Waals surface area contributed by atoms with E-state index in [0.717, 1.165) is 86.5 Å². The second-order valence-electron chi connectivity index (χ2n) is 10.2. The Labute approximate surface area is 211 Å². The first kappa shape index (κ1) is 23.2. The number of likely N-dealkylation sites (tertiary alicyclic amines) is 1. The van der Waals surface area contributed by atoms with Crippen molar-refractivity contribution in [2.75, 3.05) is 43.4 Å². The highest BCUT2D eigenvalue weighted by molar-refractivity contribution is 5.90. The molecule has 0 spiro atoms. The number of nitrogens with one attached hydrogen (secondary N) is 2. The fourth-order valence-corrected chi connectivity index (χ4v) is 5.54. The number of nitrogens with zero attached hydrogens (tertiary/aromatic N) is 6. The summed E-state index contributed by atoms with van der Waals surface area (Å²) < 4.78 is 7.97. The van der Waals surface area contributed by atoms with Crippen LogP contribution in [0.25, 0.3) is 22.4 Å². The molecule has 2 amide bonds. The molecule has 2 atom stereocenters. The Kier molecular flexibility index (Phi) is 6.22. The maximum absolute atomic E-state index is 12.5. The summed E-state index contributed by atoms with van der Waals surface area (Å²) in [6.07, 6.45) is 6.58. The van der Waals surface area contributed by atoms with E-state index in [1.807, 2.05) is 35.1 Å². The third-order valence-electron chi connectivity index (χ3n) is 7.57. The number of fused-ring (bicyclic) bond motifs is 3. The number of anilines is 2. The molecule has 10 heteroatoms. The van der Waals surface area contributed by atoms with E-state index in [0.29, 0.717) is 5.82 Å². The average molecular weight is 491 g/mol. The van der Waals surface area contributed by atoms with E-state index in [4.69, 9.17) is 14.7 Å². The molecule has 10 nitrogen and oxygen atoms in total. The van der Waals surface area contributed by atoms with Gasteiger partial charge in [-0.1, -0.05) is 0 Å². The van der Waals surface area contributed by atoms with Crippen molar-refractivity contribution in [3.05, 3.63) is 30.5 Å². The third kappa shape index (κ3) is 4.62. The number of piperidine rings is 1. The van der Waals surface area contributed by atoms with Gasteiger partial charge in [-0.05, 0) is 77.0 Å². The lowest BCUT2D eigenvalue weighted by Gasteiger charge is -2.33. The normalized spacial score (nSPS) is 22.8. The highest BCUT2D eigenvalue weighted by Crippen LogP contribution is 2.33. The number of amides is 2. The number of hydrogen-bond acceptors (Lipinski definition) is 7. The monoisotopic (exact) mass is 490 g/mol. The van der Waals surface area contributed by atoms with E-state index < -0.39 is 0 Å². The van der Waals surface area contributed by atoms with Gasteiger partial charge in [0.1, 0.15) is 5.82 Å². The van der Waals surface area contributed by atoms with Crippen molar-refractivity contribution in [3.63, 3.8) is 0 Å². The number of aromatic nitrogens is 4. The van der Waals surface area contributed by atoms with Gasteiger partial charge in [-0.15, -0.1) is 0 Å². The Hall–Kier alpha value is -3.24. The molecule has 2 bridgehead atoms. The van der Waals surface area contributed by atoms with Crippen LogP contribution >= 0.6 is 0 Å². The van der Waals surface area contributed by atoms with Crippen LogP contribution in [0.5, 0.6) is 0 Å². The van der Waals surface area contributed by atoms with Gasteiger partial charge in [0.2, 0.25) is 0 Å². The predicted octanol–water partition coefficient (Wildman–Crippen LogP) is 3.10. The summed E-state index contributed by atoms with van der Waals surface area (Å²) in [5.74, 6) is 1.59. The fourth-order valence-electron chi connectivity index (χ4n) is 5.54. The van der Waals surface area contributed by atoms with Crippen LogP contribution in [0.1, 0.15) is 32.6 Å². The summed E-state index contributed by atoms with van der Waals surface area (Å²) in [6.45, 7) is 6.51. The van der Waals surface area contributed by atoms with Crippen LogP contribution in [0.3, 0.4) is 0 Å². The lowest BCUT2D eigenvalue weighted by molar-refractivity contribution is 0.0303. The zero-order valence-electron chi connectivity index (χ0n) is 21.0. The van der Waals surface area contributed by atoms with Crippen molar-refractivity contribution in [2.24, 2.45) is 0 Å². The Bertz CT molecular complexity index is 1220. The summed E-state index contributed by atoms with van der Waals surface area (Å²) in [4.78, 5) is 27.0. The number of benzene rings is 1. The minimum Gasteiger partial charge on any atom is -0.371 e. The lowest BCUT2D eigenvalue weighted by atomic mass is 10.1. The van der Waals surface area contributed by atoms with Crippen molar-refractivity contribution < 1.29 is 9.53 Å². The first-order valence-electron chi connectivity index (χ1n) is 13.1. The highest BCUT2D eigenvalue weighted by atomic mass is 16.5. The maximum Gasteiger partial charge on any atom is 0.319 e. The van der Waals surface area contributed by atoms with Crippen LogP contribution in [-0.2, 0) is 11.3 Å². The van der Waals surface area contributed by atoms with Gasteiger partial charge in [-0.3, -0.25) is 0 Å². The molecule has 2 unspecified atom stereocenters. The van der Waals surface area contributed by atoms with Crippen molar-refractivity contribution >= 4 is 28.6 Å². The molecule has 190 valence electrons. The summed E-state index contributed by atoms with van der Waals surface area (Å²) >= 11 is 0. The maximum atomic E-state index is 12.5. The number of hydrogen-bond donors (Lipinski definition) is 2. The van der Waals surface area contributed by atoms with Gasteiger partial charge >= 0.3 is 6.03 Å². The van der Waals surface area contributed by atoms with Crippen LogP contribution in [0.4, 0.5) is 16.3 Å². The largest absolute Gasteiger partial charge is 0.371 e. The van der Waals surface area contributed by atoms with Gasteiger partial charge in [-0.25, -0.2) is 19.4 Å². The van der Waals surface area contributed by atoms with Crippen molar-refractivity contribution in [1.29, 1.82) is 0 Å². The van der Waals surface area contributed by atoms with E-state index in [1.54, 1.807) is 0 Å². The number of aryl methyl sites for hydroxylation is 1.